The minimum Gasteiger partial charge on any atom is -0.466 e. The highest BCUT2D eigenvalue weighted by Gasteiger charge is 2.29. The molecular weight excluding hydrogens is 330 g/mol. The van der Waals surface area contributed by atoms with E-state index in [1.165, 1.54) is 0 Å². The molecule has 6 nitrogen and oxygen atoms in total. The number of benzene rings is 1. The topological polar surface area (TPSA) is 71.2 Å². The molecule has 6 heteroatoms. The molecular formula is C20H23N3O3. The van der Waals surface area contributed by atoms with Gasteiger partial charge in [-0.2, -0.15) is 0 Å². The number of aromatic amines is 1. The number of fused-ring (bicyclic) bond motifs is 1. The van der Waals surface area contributed by atoms with Gasteiger partial charge in [0.1, 0.15) is 11.5 Å². The second-order valence-corrected chi connectivity index (χ2v) is 7.06. The lowest BCUT2D eigenvalue weighted by Gasteiger charge is -2.32. The van der Waals surface area contributed by atoms with Crippen molar-refractivity contribution in [2.45, 2.75) is 39.7 Å². The largest absolute Gasteiger partial charge is 0.466 e. The molecule has 1 saturated heterocycles. The number of carbonyl (C=O) groups excluding carboxylic acids is 1. The number of hydrogen-bond acceptors (Lipinski definition) is 3. The summed E-state index contributed by atoms with van der Waals surface area (Å²) in [5.41, 5.74) is 3.32. The highest BCUT2D eigenvalue weighted by Crippen LogP contribution is 2.28. The van der Waals surface area contributed by atoms with E-state index in [0.29, 0.717) is 24.4 Å². The van der Waals surface area contributed by atoms with E-state index >= 15 is 0 Å². The summed E-state index contributed by atoms with van der Waals surface area (Å²) in [6.45, 7) is 6.93. The zero-order valence-electron chi connectivity index (χ0n) is 15.3. The van der Waals surface area contributed by atoms with Gasteiger partial charge in [-0.15, -0.1) is 0 Å². The van der Waals surface area contributed by atoms with Gasteiger partial charge in [0, 0.05) is 24.7 Å². The predicted octanol–water partition coefficient (Wildman–Crippen LogP) is 3.33. The number of aromatic nitrogens is 2. The summed E-state index contributed by atoms with van der Waals surface area (Å²) in [4.78, 5) is 30.1. The van der Waals surface area contributed by atoms with Gasteiger partial charge in [-0.05, 0) is 45.7 Å². The minimum absolute atomic E-state index is 0.0292. The van der Waals surface area contributed by atoms with Crippen LogP contribution in [0, 0.1) is 20.8 Å². The third-order valence-electron chi connectivity index (χ3n) is 5.52. The number of rotatable bonds is 2. The number of carbonyl (C=O) groups is 1. The van der Waals surface area contributed by atoms with E-state index in [2.05, 4.69) is 4.98 Å². The Morgan fingerprint density at radius 2 is 1.81 bits per heavy atom. The van der Waals surface area contributed by atoms with E-state index in [1.54, 1.807) is 0 Å². The van der Waals surface area contributed by atoms with Gasteiger partial charge in [-0.25, -0.2) is 4.79 Å². The number of furan rings is 1. The molecule has 0 spiro atoms. The summed E-state index contributed by atoms with van der Waals surface area (Å²) in [7, 11) is 0. The number of likely N-dealkylation sites (tertiary alicyclic amines) is 1. The first kappa shape index (κ1) is 16.7. The summed E-state index contributed by atoms with van der Waals surface area (Å²) in [6.07, 6.45) is 1.53. The van der Waals surface area contributed by atoms with Crippen LogP contribution < -0.4 is 5.69 Å². The fraction of sp³-hybridized carbons (Fsp3) is 0.400. The molecule has 1 aliphatic heterocycles. The Hall–Kier alpha value is -2.76. The van der Waals surface area contributed by atoms with Gasteiger partial charge in [0.2, 0.25) is 0 Å². The van der Waals surface area contributed by atoms with Crippen molar-refractivity contribution < 1.29 is 9.21 Å². The third-order valence-corrected chi connectivity index (χ3v) is 5.52. The molecule has 0 radical (unpaired) electrons. The first-order valence-electron chi connectivity index (χ1n) is 9.02. The summed E-state index contributed by atoms with van der Waals surface area (Å²) < 4.78 is 7.45. The Morgan fingerprint density at radius 1 is 1.12 bits per heavy atom. The standard InChI is InChI=1S/C20H23N3O3/c1-12-13(2)26-14(3)18(12)19(24)22-10-8-15(9-11-22)23-17-7-5-4-6-16(17)21-20(23)25/h4-7,15H,8-11H2,1-3H3,(H,21,25). The molecule has 136 valence electrons. The van der Waals surface area contributed by atoms with E-state index in [-0.39, 0.29) is 17.6 Å². The molecule has 1 aromatic carbocycles. The number of H-pyrrole nitrogens is 1. The van der Waals surface area contributed by atoms with E-state index in [0.717, 1.165) is 35.2 Å². The molecule has 0 atom stereocenters. The molecule has 2 aromatic heterocycles. The molecule has 4 rings (SSSR count). The van der Waals surface area contributed by atoms with E-state index in [4.69, 9.17) is 4.42 Å². The maximum Gasteiger partial charge on any atom is 0.326 e. The van der Waals surface area contributed by atoms with Crippen LogP contribution in [-0.2, 0) is 0 Å². The predicted molar refractivity (Wildman–Crippen MR) is 99.7 cm³/mol. The van der Waals surface area contributed by atoms with Crippen LogP contribution >= 0.6 is 0 Å². The first-order chi connectivity index (χ1) is 12.5. The van der Waals surface area contributed by atoms with Crippen molar-refractivity contribution in [1.29, 1.82) is 0 Å². The van der Waals surface area contributed by atoms with Crippen molar-refractivity contribution in [3.63, 3.8) is 0 Å². The monoisotopic (exact) mass is 353 g/mol. The lowest BCUT2D eigenvalue weighted by atomic mass is 10.0. The van der Waals surface area contributed by atoms with Crippen molar-refractivity contribution in [3.8, 4) is 0 Å². The van der Waals surface area contributed by atoms with Crippen LogP contribution in [0.15, 0.2) is 33.5 Å². The average molecular weight is 353 g/mol. The number of para-hydroxylation sites is 2. The third kappa shape index (κ3) is 2.57. The molecule has 1 aliphatic rings. The smallest absolute Gasteiger partial charge is 0.326 e. The number of nitrogens with zero attached hydrogens (tertiary/aromatic N) is 2. The van der Waals surface area contributed by atoms with Crippen molar-refractivity contribution in [1.82, 2.24) is 14.5 Å². The molecule has 0 aliphatic carbocycles. The molecule has 0 saturated carbocycles. The van der Waals surface area contributed by atoms with Gasteiger partial charge >= 0.3 is 5.69 Å². The maximum absolute atomic E-state index is 12.9. The number of imidazole rings is 1. The Balaban J connectivity index is 1.55. The second-order valence-electron chi connectivity index (χ2n) is 7.06. The highest BCUT2D eigenvalue weighted by atomic mass is 16.3. The van der Waals surface area contributed by atoms with Gasteiger partial charge in [0.15, 0.2) is 0 Å². The first-order valence-corrected chi connectivity index (χ1v) is 9.02. The van der Waals surface area contributed by atoms with Crippen molar-refractivity contribution >= 4 is 16.9 Å². The van der Waals surface area contributed by atoms with Gasteiger partial charge < -0.3 is 14.3 Å². The fourth-order valence-corrected chi connectivity index (χ4v) is 4.03. The molecule has 1 amide bonds. The summed E-state index contributed by atoms with van der Waals surface area (Å²) >= 11 is 0. The van der Waals surface area contributed by atoms with Gasteiger partial charge in [-0.1, -0.05) is 12.1 Å². The van der Waals surface area contributed by atoms with E-state index in [1.807, 2.05) is 54.5 Å². The lowest BCUT2D eigenvalue weighted by Crippen LogP contribution is -2.40. The van der Waals surface area contributed by atoms with Gasteiger partial charge in [-0.3, -0.25) is 9.36 Å². The lowest BCUT2D eigenvalue weighted by molar-refractivity contribution is 0.0692. The van der Waals surface area contributed by atoms with E-state index in [9.17, 15) is 9.59 Å². The Morgan fingerprint density at radius 3 is 2.46 bits per heavy atom. The Kier molecular flexibility index (Phi) is 3.98. The molecule has 1 N–H and O–H groups in total. The van der Waals surface area contributed by atoms with E-state index < -0.39 is 0 Å². The van der Waals surface area contributed by atoms with Crippen LogP contribution in [0.25, 0.3) is 11.0 Å². The molecule has 1 fully saturated rings. The SMILES string of the molecule is Cc1oc(C)c(C(=O)N2CCC(n3c(=O)[nH]c4ccccc43)CC2)c1C. The number of piperidine rings is 1. The van der Waals surface area contributed by atoms with Crippen molar-refractivity contribution in [2.75, 3.05) is 13.1 Å². The van der Waals surface area contributed by atoms with Gasteiger partial charge in [0.25, 0.3) is 5.91 Å². The minimum atomic E-state index is -0.0758. The summed E-state index contributed by atoms with van der Waals surface area (Å²) in [6, 6.07) is 7.85. The number of aryl methyl sites for hydroxylation is 2. The fourth-order valence-electron chi connectivity index (χ4n) is 4.03. The zero-order chi connectivity index (χ0) is 18.4. The van der Waals surface area contributed by atoms with Crippen LogP contribution in [0.2, 0.25) is 0 Å². The van der Waals surface area contributed by atoms with Crippen LogP contribution in [-0.4, -0.2) is 33.4 Å². The quantitative estimate of drug-likeness (QED) is 0.768. The summed E-state index contributed by atoms with van der Waals surface area (Å²) in [5.74, 6) is 1.51. The average Bonchev–Trinajstić information content (AvgIpc) is 3.09. The molecule has 3 heterocycles. The Labute approximate surface area is 151 Å². The van der Waals surface area contributed by atoms with Crippen molar-refractivity contribution in [2.24, 2.45) is 0 Å². The second kappa shape index (κ2) is 6.20. The molecule has 3 aromatic rings. The van der Waals surface area contributed by atoms with Crippen LogP contribution in [0.5, 0.6) is 0 Å². The maximum atomic E-state index is 12.9. The van der Waals surface area contributed by atoms with Gasteiger partial charge in [0.05, 0.1) is 16.6 Å². The highest BCUT2D eigenvalue weighted by molar-refractivity contribution is 5.97. The van der Waals surface area contributed by atoms with Crippen LogP contribution in [0.4, 0.5) is 0 Å². The molecule has 0 unspecified atom stereocenters. The molecule has 26 heavy (non-hydrogen) atoms. The molecule has 0 bridgehead atoms. The number of hydrogen-bond donors (Lipinski definition) is 1. The van der Waals surface area contributed by atoms with Crippen molar-refractivity contribution in [3.05, 3.63) is 57.4 Å². The number of nitrogens with one attached hydrogen (secondary N) is 1. The number of amides is 1. The zero-order valence-corrected chi connectivity index (χ0v) is 15.3. The van der Waals surface area contributed by atoms with Crippen LogP contribution in [0.3, 0.4) is 0 Å². The van der Waals surface area contributed by atoms with Crippen LogP contribution in [0.1, 0.15) is 46.3 Å². The Bertz CT molecular complexity index is 1030. The summed E-state index contributed by atoms with van der Waals surface area (Å²) in [5, 5.41) is 0. The normalized spacial score (nSPS) is 15.7.